The Morgan fingerprint density at radius 3 is 2.30 bits per heavy atom. The van der Waals surface area contributed by atoms with E-state index in [1.165, 1.54) is 36.1 Å². The van der Waals surface area contributed by atoms with Crippen LogP contribution in [-0.2, 0) is 6.42 Å². The van der Waals surface area contributed by atoms with Gasteiger partial charge in [-0.25, -0.2) is 0 Å². The number of hydrogen-bond acceptors (Lipinski definition) is 6. The second-order valence-electron chi connectivity index (χ2n) is 8.80. The van der Waals surface area contributed by atoms with Gasteiger partial charge >= 0.3 is 0 Å². The summed E-state index contributed by atoms with van der Waals surface area (Å²) in [5, 5.41) is 3.16. The van der Waals surface area contributed by atoms with E-state index in [1.54, 1.807) is 33.5 Å². The lowest BCUT2D eigenvalue weighted by Gasteiger charge is -2.32. The summed E-state index contributed by atoms with van der Waals surface area (Å²) in [6, 6.07) is 10.4. The molecule has 2 aromatic carbocycles. The average molecular weight is 454 g/mol. The van der Waals surface area contributed by atoms with Crippen molar-refractivity contribution in [1.29, 1.82) is 0 Å². The number of carbonyl (C=O) groups excluding carboxylic acids is 1. The molecule has 0 bridgehead atoms. The maximum Gasteiger partial charge on any atom is 0.251 e. The van der Waals surface area contributed by atoms with E-state index in [1.807, 2.05) is 0 Å². The molecule has 1 fully saturated rings. The largest absolute Gasteiger partial charge is 0.493 e. The van der Waals surface area contributed by atoms with Gasteiger partial charge in [-0.15, -0.1) is 0 Å². The van der Waals surface area contributed by atoms with Gasteiger partial charge in [0.15, 0.2) is 11.5 Å². The van der Waals surface area contributed by atoms with Crippen molar-refractivity contribution in [3.8, 4) is 17.2 Å². The Bertz CT molecular complexity index is 962. The molecular weight excluding hydrogens is 418 g/mol. The van der Waals surface area contributed by atoms with Crippen LogP contribution in [0.5, 0.6) is 17.2 Å². The van der Waals surface area contributed by atoms with Crippen LogP contribution in [0.25, 0.3) is 0 Å². The molecule has 2 heterocycles. The summed E-state index contributed by atoms with van der Waals surface area (Å²) in [6.07, 6.45) is 4.69. The van der Waals surface area contributed by atoms with E-state index >= 15 is 0 Å². The van der Waals surface area contributed by atoms with Gasteiger partial charge in [-0.1, -0.05) is 12.1 Å². The number of carbonyl (C=O) groups is 1. The SMILES string of the molecule is COc1cc(C(=O)NC[C@H](c2ccc3c(c2)CCCN3C)N2CCCC2)cc(OC)c1OC. The number of amides is 1. The zero-order chi connectivity index (χ0) is 23.4. The molecule has 2 aliphatic rings. The fraction of sp³-hybridized carbons (Fsp3) is 0.500. The van der Waals surface area contributed by atoms with E-state index in [-0.39, 0.29) is 11.9 Å². The molecular formula is C26H35N3O4. The molecule has 7 nitrogen and oxygen atoms in total. The average Bonchev–Trinajstić information content (AvgIpc) is 3.37. The number of benzene rings is 2. The number of fused-ring (bicyclic) bond motifs is 1. The third-order valence-corrected chi connectivity index (χ3v) is 6.80. The van der Waals surface area contributed by atoms with Crippen LogP contribution >= 0.6 is 0 Å². The fourth-order valence-electron chi connectivity index (χ4n) is 5.03. The summed E-state index contributed by atoms with van der Waals surface area (Å²) >= 11 is 0. The number of hydrogen-bond donors (Lipinski definition) is 1. The fourth-order valence-corrected chi connectivity index (χ4v) is 5.03. The van der Waals surface area contributed by atoms with E-state index in [0.29, 0.717) is 29.4 Å². The van der Waals surface area contributed by atoms with Crippen LogP contribution in [0.3, 0.4) is 0 Å². The minimum absolute atomic E-state index is 0.149. The van der Waals surface area contributed by atoms with E-state index in [0.717, 1.165) is 26.1 Å². The number of anilines is 1. The first-order valence-corrected chi connectivity index (χ1v) is 11.7. The minimum Gasteiger partial charge on any atom is -0.493 e. The molecule has 2 aliphatic heterocycles. The third-order valence-electron chi connectivity index (χ3n) is 6.80. The quantitative estimate of drug-likeness (QED) is 0.658. The molecule has 1 saturated heterocycles. The number of likely N-dealkylation sites (tertiary alicyclic amines) is 1. The van der Waals surface area contributed by atoms with Gasteiger partial charge in [-0.2, -0.15) is 0 Å². The lowest BCUT2D eigenvalue weighted by atomic mass is 9.96. The van der Waals surface area contributed by atoms with Gasteiger partial charge < -0.3 is 24.4 Å². The van der Waals surface area contributed by atoms with E-state index in [4.69, 9.17) is 14.2 Å². The molecule has 0 aliphatic carbocycles. The van der Waals surface area contributed by atoms with Crippen LogP contribution in [0, 0.1) is 0 Å². The van der Waals surface area contributed by atoms with Crippen LogP contribution in [0.4, 0.5) is 5.69 Å². The van der Waals surface area contributed by atoms with Crippen molar-refractivity contribution in [3.63, 3.8) is 0 Å². The number of nitrogens with zero attached hydrogens (tertiary/aromatic N) is 2. The molecule has 178 valence electrons. The molecule has 2 aromatic rings. The number of ether oxygens (including phenoxy) is 3. The van der Waals surface area contributed by atoms with Gasteiger partial charge in [0.1, 0.15) is 0 Å². The number of rotatable bonds is 8. The zero-order valence-corrected chi connectivity index (χ0v) is 20.1. The van der Waals surface area contributed by atoms with Crippen molar-refractivity contribution in [2.45, 2.75) is 31.7 Å². The lowest BCUT2D eigenvalue weighted by Crippen LogP contribution is -2.37. The maximum atomic E-state index is 13.1. The molecule has 1 amide bonds. The van der Waals surface area contributed by atoms with Crippen molar-refractivity contribution in [2.24, 2.45) is 0 Å². The summed E-state index contributed by atoms with van der Waals surface area (Å²) in [7, 11) is 6.82. The Hall–Kier alpha value is -2.93. The van der Waals surface area contributed by atoms with Gasteiger partial charge in [-0.3, -0.25) is 9.69 Å². The Balaban J connectivity index is 1.55. The van der Waals surface area contributed by atoms with Crippen molar-refractivity contribution in [2.75, 3.05) is 59.5 Å². The summed E-state index contributed by atoms with van der Waals surface area (Å²) in [5.41, 5.74) is 4.49. The standard InChI is InChI=1S/C26H35N3O4/c1-28-11-7-8-18-14-19(9-10-21(18)28)22(29-12-5-6-13-29)17-27-26(30)20-15-23(31-2)25(33-4)24(16-20)32-3/h9-10,14-16,22H,5-8,11-13,17H2,1-4H3,(H,27,30)/t22-/m1/s1. The number of nitrogens with one attached hydrogen (secondary N) is 1. The second-order valence-corrected chi connectivity index (χ2v) is 8.80. The predicted octanol–water partition coefficient (Wildman–Crippen LogP) is 3.66. The van der Waals surface area contributed by atoms with Crippen molar-refractivity contribution in [3.05, 3.63) is 47.0 Å². The molecule has 0 unspecified atom stereocenters. The van der Waals surface area contributed by atoms with E-state index in [9.17, 15) is 4.79 Å². The van der Waals surface area contributed by atoms with Crippen LogP contribution < -0.4 is 24.4 Å². The highest BCUT2D eigenvalue weighted by Crippen LogP contribution is 2.38. The summed E-state index contributed by atoms with van der Waals surface area (Å²) in [5.74, 6) is 1.26. The first-order chi connectivity index (χ1) is 16.0. The van der Waals surface area contributed by atoms with Crippen LogP contribution in [-0.4, -0.2) is 65.4 Å². The molecule has 33 heavy (non-hydrogen) atoms. The van der Waals surface area contributed by atoms with Crippen molar-refractivity contribution >= 4 is 11.6 Å². The van der Waals surface area contributed by atoms with Crippen molar-refractivity contribution < 1.29 is 19.0 Å². The first kappa shape index (κ1) is 23.2. The highest BCUT2D eigenvalue weighted by molar-refractivity contribution is 5.95. The van der Waals surface area contributed by atoms with E-state index in [2.05, 4.69) is 40.4 Å². The Morgan fingerprint density at radius 1 is 0.970 bits per heavy atom. The minimum atomic E-state index is -0.156. The van der Waals surface area contributed by atoms with Gasteiger partial charge in [0.25, 0.3) is 5.91 Å². The first-order valence-electron chi connectivity index (χ1n) is 11.7. The van der Waals surface area contributed by atoms with Crippen LogP contribution in [0.1, 0.15) is 46.8 Å². The highest BCUT2D eigenvalue weighted by atomic mass is 16.5. The van der Waals surface area contributed by atoms with Crippen LogP contribution in [0.2, 0.25) is 0 Å². The predicted molar refractivity (Wildman–Crippen MR) is 130 cm³/mol. The van der Waals surface area contributed by atoms with Gasteiger partial charge in [0.2, 0.25) is 5.75 Å². The lowest BCUT2D eigenvalue weighted by molar-refractivity contribution is 0.0937. The molecule has 7 heteroatoms. The normalized spacial score (nSPS) is 16.8. The molecule has 4 rings (SSSR count). The summed E-state index contributed by atoms with van der Waals surface area (Å²) in [4.78, 5) is 17.9. The Labute approximate surface area is 196 Å². The topological polar surface area (TPSA) is 63.3 Å². The molecule has 1 N–H and O–H groups in total. The molecule has 0 aromatic heterocycles. The smallest absolute Gasteiger partial charge is 0.251 e. The summed E-state index contributed by atoms with van der Waals surface area (Å²) in [6.45, 7) is 3.76. The highest BCUT2D eigenvalue weighted by Gasteiger charge is 2.26. The zero-order valence-electron chi connectivity index (χ0n) is 20.1. The number of aryl methyl sites for hydroxylation is 1. The van der Waals surface area contributed by atoms with Gasteiger partial charge in [0.05, 0.1) is 27.4 Å². The molecule has 0 saturated carbocycles. The summed E-state index contributed by atoms with van der Waals surface area (Å²) < 4.78 is 16.2. The van der Waals surface area contributed by atoms with Gasteiger partial charge in [0, 0.05) is 31.4 Å². The Morgan fingerprint density at radius 2 is 1.67 bits per heavy atom. The molecule has 0 radical (unpaired) electrons. The van der Waals surface area contributed by atoms with Crippen LogP contribution in [0.15, 0.2) is 30.3 Å². The molecule has 1 atom stereocenters. The third kappa shape index (κ3) is 4.88. The maximum absolute atomic E-state index is 13.1. The second kappa shape index (κ2) is 10.3. The Kier molecular flexibility index (Phi) is 7.28. The monoisotopic (exact) mass is 453 g/mol. The van der Waals surface area contributed by atoms with E-state index < -0.39 is 0 Å². The van der Waals surface area contributed by atoms with Gasteiger partial charge in [-0.05, 0) is 68.1 Å². The molecule has 0 spiro atoms. The van der Waals surface area contributed by atoms with Crippen molar-refractivity contribution in [1.82, 2.24) is 10.2 Å². The number of methoxy groups -OCH3 is 3.